The lowest BCUT2D eigenvalue weighted by Crippen LogP contribution is -2.36. The predicted octanol–water partition coefficient (Wildman–Crippen LogP) is 2.29. The Morgan fingerprint density at radius 1 is 1.27 bits per heavy atom. The number of rotatable bonds is 3. The van der Waals surface area contributed by atoms with E-state index in [9.17, 15) is 9.90 Å². The second kappa shape index (κ2) is 3.57. The minimum absolute atomic E-state index is 0.181. The molecule has 1 aromatic rings. The predicted molar refractivity (Wildman–Crippen MR) is 55.9 cm³/mol. The maximum atomic E-state index is 10.8. The standard InChI is InChI=1S/C12H14O3/c13-10-4-2-9(3-5-10)12(6-1-7-12)8-11(14)15/h2-5,13H,1,6-8H2,(H,14,15). The Bertz CT molecular complexity index is 363. The molecule has 1 aromatic carbocycles. The van der Waals surface area contributed by atoms with Gasteiger partial charge in [0.25, 0.3) is 0 Å². The van der Waals surface area contributed by atoms with Gasteiger partial charge in [0.1, 0.15) is 5.75 Å². The zero-order valence-corrected chi connectivity index (χ0v) is 8.44. The number of aliphatic carboxylic acids is 1. The Labute approximate surface area is 88.4 Å². The molecule has 0 heterocycles. The summed E-state index contributed by atoms with van der Waals surface area (Å²) in [6.07, 6.45) is 3.15. The number of hydrogen-bond acceptors (Lipinski definition) is 2. The normalized spacial score (nSPS) is 18.1. The van der Waals surface area contributed by atoms with Crippen molar-refractivity contribution in [2.75, 3.05) is 0 Å². The Balaban J connectivity index is 2.26. The first-order valence-electron chi connectivity index (χ1n) is 5.14. The van der Waals surface area contributed by atoms with Gasteiger partial charge < -0.3 is 10.2 Å². The van der Waals surface area contributed by atoms with E-state index in [0.29, 0.717) is 0 Å². The molecule has 1 fully saturated rings. The molecule has 3 heteroatoms. The van der Waals surface area contributed by atoms with Gasteiger partial charge in [-0.15, -0.1) is 0 Å². The largest absolute Gasteiger partial charge is 0.508 e. The second-order valence-corrected chi connectivity index (χ2v) is 4.25. The first-order chi connectivity index (χ1) is 7.12. The molecule has 0 atom stereocenters. The average Bonchev–Trinajstić information content (AvgIpc) is 2.13. The van der Waals surface area contributed by atoms with E-state index < -0.39 is 5.97 Å². The van der Waals surface area contributed by atoms with E-state index in [1.54, 1.807) is 12.1 Å². The van der Waals surface area contributed by atoms with E-state index in [4.69, 9.17) is 5.11 Å². The van der Waals surface area contributed by atoms with E-state index in [1.807, 2.05) is 12.1 Å². The lowest BCUT2D eigenvalue weighted by Gasteiger charge is -2.41. The molecule has 3 nitrogen and oxygen atoms in total. The summed E-state index contributed by atoms with van der Waals surface area (Å²) in [6.45, 7) is 0. The number of carboxylic acid groups (broad SMARTS) is 1. The minimum atomic E-state index is -0.747. The lowest BCUT2D eigenvalue weighted by atomic mass is 9.62. The third-order valence-electron chi connectivity index (χ3n) is 3.28. The van der Waals surface area contributed by atoms with Crippen LogP contribution in [0.1, 0.15) is 31.2 Å². The van der Waals surface area contributed by atoms with Crippen LogP contribution in [0.25, 0.3) is 0 Å². The molecule has 0 radical (unpaired) electrons. The second-order valence-electron chi connectivity index (χ2n) is 4.25. The van der Waals surface area contributed by atoms with Gasteiger partial charge in [0.2, 0.25) is 0 Å². The monoisotopic (exact) mass is 206 g/mol. The lowest BCUT2D eigenvalue weighted by molar-refractivity contribution is -0.139. The molecule has 0 unspecified atom stereocenters. The summed E-state index contributed by atoms with van der Waals surface area (Å²) in [6, 6.07) is 6.91. The van der Waals surface area contributed by atoms with Crippen LogP contribution < -0.4 is 0 Å². The number of phenols is 1. The van der Waals surface area contributed by atoms with Crippen LogP contribution >= 0.6 is 0 Å². The van der Waals surface area contributed by atoms with Crippen LogP contribution in [0.2, 0.25) is 0 Å². The van der Waals surface area contributed by atoms with Crippen molar-refractivity contribution in [1.29, 1.82) is 0 Å². The summed E-state index contributed by atoms with van der Waals surface area (Å²) in [7, 11) is 0. The van der Waals surface area contributed by atoms with Crippen molar-refractivity contribution >= 4 is 5.97 Å². The molecule has 2 rings (SSSR count). The van der Waals surface area contributed by atoms with Crippen LogP contribution in [0.4, 0.5) is 0 Å². The maximum Gasteiger partial charge on any atom is 0.304 e. The van der Waals surface area contributed by atoms with E-state index in [0.717, 1.165) is 24.8 Å². The molecule has 1 saturated carbocycles. The van der Waals surface area contributed by atoms with Gasteiger partial charge in [-0.05, 0) is 30.5 Å². The van der Waals surface area contributed by atoms with Gasteiger partial charge in [-0.25, -0.2) is 0 Å². The van der Waals surface area contributed by atoms with Gasteiger partial charge in [0.05, 0.1) is 6.42 Å². The van der Waals surface area contributed by atoms with Crippen LogP contribution in [-0.2, 0) is 10.2 Å². The summed E-state index contributed by atoms with van der Waals surface area (Å²) in [5, 5.41) is 18.1. The van der Waals surface area contributed by atoms with Crippen molar-refractivity contribution in [3.63, 3.8) is 0 Å². The van der Waals surface area contributed by atoms with Gasteiger partial charge in [-0.3, -0.25) is 4.79 Å². The van der Waals surface area contributed by atoms with E-state index >= 15 is 0 Å². The first kappa shape index (κ1) is 10.0. The van der Waals surface area contributed by atoms with Crippen LogP contribution in [0.5, 0.6) is 5.75 Å². The van der Waals surface area contributed by atoms with Crippen LogP contribution in [-0.4, -0.2) is 16.2 Å². The summed E-state index contributed by atoms with van der Waals surface area (Å²) in [5.74, 6) is -0.522. The molecule has 0 aliphatic heterocycles. The summed E-state index contributed by atoms with van der Waals surface area (Å²) in [4.78, 5) is 10.8. The molecule has 2 N–H and O–H groups in total. The zero-order chi connectivity index (χ0) is 10.9. The third kappa shape index (κ3) is 1.82. The third-order valence-corrected chi connectivity index (χ3v) is 3.28. The molecule has 80 valence electrons. The van der Waals surface area contributed by atoms with Crippen molar-refractivity contribution in [2.24, 2.45) is 0 Å². The van der Waals surface area contributed by atoms with Crippen LogP contribution in [0.15, 0.2) is 24.3 Å². The van der Waals surface area contributed by atoms with Gasteiger partial charge in [0.15, 0.2) is 0 Å². The SMILES string of the molecule is O=C(O)CC1(c2ccc(O)cc2)CCC1. The summed E-state index contributed by atoms with van der Waals surface area (Å²) in [5.41, 5.74) is 0.855. The van der Waals surface area contributed by atoms with Crippen molar-refractivity contribution in [3.05, 3.63) is 29.8 Å². The van der Waals surface area contributed by atoms with Gasteiger partial charge in [0, 0.05) is 5.41 Å². The molecule has 15 heavy (non-hydrogen) atoms. The summed E-state index contributed by atoms with van der Waals surface area (Å²) < 4.78 is 0. The Morgan fingerprint density at radius 3 is 2.27 bits per heavy atom. The molecule has 0 bridgehead atoms. The fourth-order valence-electron chi connectivity index (χ4n) is 2.28. The number of benzene rings is 1. The highest BCUT2D eigenvalue weighted by molar-refractivity contribution is 5.69. The molecule has 1 aliphatic rings. The first-order valence-corrected chi connectivity index (χ1v) is 5.14. The number of aromatic hydroxyl groups is 1. The zero-order valence-electron chi connectivity index (χ0n) is 8.44. The van der Waals surface area contributed by atoms with E-state index in [-0.39, 0.29) is 17.6 Å². The average molecular weight is 206 g/mol. The van der Waals surface area contributed by atoms with Crippen molar-refractivity contribution in [1.82, 2.24) is 0 Å². The van der Waals surface area contributed by atoms with Gasteiger partial charge in [-0.1, -0.05) is 18.6 Å². The van der Waals surface area contributed by atoms with Crippen molar-refractivity contribution < 1.29 is 15.0 Å². The van der Waals surface area contributed by atoms with Crippen LogP contribution in [0, 0.1) is 0 Å². The molecule has 0 spiro atoms. The molecule has 1 aliphatic carbocycles. The van der Waals surface area contributed by atoms with Crippen molar-refractivity contribution in [3.8, 4) is 5.75 Å². The molecule has 0 saturated heterocycles. The molecule has 0 amide bonds. The Hall–Kier alpha value is -1.51. The smallest absolute Gasteiger partial charge is 0.304 e. The fourth-order valence-corrected chi connectivity index (χ4v) is 2.28. The van der Waals surface area contributed by atoms with Gasteiger partial charge in [-0.2, -0.15) is 0 Å². The summed E-state index contributed by atoms with van der Waals surface area (Å²) >= 11 is 0. The highest BCUT2D eigenvalue weighted by atomic mass is 16.4. The van der Waals surface area contributed by atoms with E-state index in [1.165, 1.54) is 0 Å². The molecular formula is C12H14O3. The Morgan fingerprint density at radius 2 is 1.87 bits per heavy atom. The Kier molecular flexibility index (Phi) is 2.39. The fraction of sp³-hybridized carbons (Fsp3) is 0.417. The number of phenolic OH excluding ortho intramolecular Hbond substituents is 1. The molecule has 0 aromatic heterocycles. The van der Waals surface area contributed by atoms with Gasteiger partial charge >= 0.3 is 5.97 Å². The van der Waals surface area contributed by atoms with Crippen LogP contribution in [0.3, 0.4) is 0 Å². The maximum absolute atomic E-state index is 10.8. The molecular weight excluding hydrogens is 192 g/mol. The van der Waals surface area contributed by atoms with E-state index in [2.05, 4.69) is 0 Å². The van der Waals surface area contributed by atoms with Crippen molar-refractivity contribution in [2.45, 2.75) is 31.1 Å². The highest BCUT2D eigenvalue weighted by Crippen LogP contribution is 2.46. The topological polar surface area (TPSA) is 57.5 Å². The minimum Gasteiger partial charge on any atom is -0.508 e. The highest BCUT2D eigenvalue weighted by Gasteiger charge is 2.40. The number of carboxylic acids is 1. The number of carbonyl (C=O) groups is 1. The quantitative estimate of drug-likeness (QED) is 0.797. The number of hydrogen-bond donors (Lipinski definition) is 2.